The molecule has 0 aliphatic carbocycles. The summed E-state index contributed by atoms with van der Waals surface area (Å²) in [6.45, 7) is 3.47. The van der Waals surface area contributed by atoms with Crippen LogP contribution < -0.4 is 15.8 Å². The molecular formula is C12H15N3O4. The Morgan fingerprint density at radius 1 is 1.68 bits per heavy atom. The maximum Gasteiger partial charge on any atom is 0.296 e. The van der Waals surface area contributed by atoms with Crippen molar-refractivity contribution in [3.05, 3.63) is 41.0 Å². The molecule has 0 saturated carbocycles. The molecule has 0 aromatic heterocycles. The summed E-state index contributed by atoms with van der Waals surface area (Å²) in [6, 6.07) is 3.35. The molecule has 1 amide bonds. The Morgan fingerprint density at radius 3 is 2.89 bits per heavy atom. The van der Waals surface area contributed by atoms with Crippen LogP contribution in [0.15, 0.2) is 30.9 Å². The first-order valence-corrected chi connectivity index (χ1v) is 5.49. The molecule has 1 unspecified atom stereocenters. The minimum Gasteiger partial charge on any atom is -0.496 e. The zero-order valence-electron chi connectivity index (χ0n) is 10.5. The van der Waals surface area contributed by atoms with Crippen LogP contribution in [0, 0.1) is 10.1 Å². The first-order chi connectivity index (χ1) is 8.99. The molecule has 0 radical (unpaired) electrons. The Morgan fingerprint density at radius 2 is 2.37 bits per heavy atom. The van der Waals surface area contributed by atoms with E-state index in [0.29, 0.717) is 5.75 Å². The third-order valence-electron chi connectivity index (χ3n) is 2.42. The van der Waals surface area contributed by atoms with E-state index in [1.54, 1.807) is 0 Å². The average molecular weight is 265 g/mol. The van der Waals surface area contributed by atoms with E-state index in [2.05, 4.69) is 11.9 Å². The molecule has 102 valence electrons. The average Bonchev–Trinajstić information content (AvgIpc) is 2.39. The van der Waals surface area contributed by atoms with Gasteiger partial charge < -0.3 is 15.8 Å². The van der Waals surface area contributed by atoms with Gasteiger partial charge in [0.15, 0.2) is 0 Å². The number of carbonyl (C=O) groups excluding carboxylic acids is 1. The lowest BCUT2D eigenvalue weighted by Gasteiger charge is -2.11. The van der Waals surface area contributed by atoms with Crippen molar-refractivity contribution in [1.82, 2.24) is 0 Å². The van der Waals surface area contributed by atoms with Crippen LogP contribution in [-0.4, -0.2) is 24.0 Å². The van der Waals surface area contributed by atoms with Crippen LogP contribution in [0.3, 0.4) is 0 Å². The number of hydrogen-bond acceptors (Lipinski definition) is 5. The van der Waals surface area contributed by atoms with Crippen molar-refractivity contribution in [3.8, 4) is 5.75 Å². The summed E-state index contributed by atoms with van der Waals surface area (Å²) in [4.78, 5) is 22.0. The standard InChI is InChI=1S/C12H15N3O4/c1-3-4-9(13)12(16)14-10-6-5-8(19-2)7-11(10)15(17)18/h3,5-7,9H,1,4,13H2,2H3,(H,14,16). The van der Waals surface area contributed by atoms with Gasteiger partial charge in [0.2, 0.25) is 5.91 Å². The van der Waals surface area contributed by atoms with Gasteiger partial charge in [0, 0.05) is 0 Å². The lowest BCUT2D eigenvalue weighted by atomic mass is 10.2. The van der Waals surface area contributed by atoms with E-state index in [-0.39, 0.29) is 17.8 Å². The molecule has 0 saturated heterocycles. The minimum atomic E-state index is -0.792. The Hall–Kier alpha value is -2.41. The van der Waals surface area contributed by atoms with Gasteiger partial charge in [-0.1, -0.05) is 6.08 Å². The van der Waals surface area contributed by atoms with Gasteiger partial charge in [0.1, 0.15) is 11.4 Å². The van der Waals surface area contributed by atoms with Crippen LogP contribution in [0.4, 0.5) is 11.4 Å². The second-order valence-electron chi connectivity index (χ2n) is 3.76. The van der Waals surface area contributed by atoms with Crippen molar-refractivity contribution in [2.75, 3.05) is 12.4 Å². The fourth-order valence-electron chi connectivity index (χ4n) is 1.41. The number of methoxy groups -OCH3 is 1. The van der Waals surface area contributed by atoms with Crippen LogP contribution in [0.1, 0.15) is 6.42 Å². The molecule has 0 heterocycles. The predicted octanol–water partition coefficient (Wildman–Crippen LogP) is 1.45. The zero-order chi connectivity index (χ0) is 14.4. The van der Waals surface area contributed by atoms with Crippen LogP contribution in [0.2, 0.25) is 0 Å². The molecule has 3 N–H and O–H groups in total. The number of nitrogens with zero attached hydrogens (tertiary/aromatic N) is 1. The molecule has 1 aromatic carbocycles. The number of nitro groups is 1. The topological polar surface area (TPSA) is 107 Å². The van der Waals surface area contributed by atoms with Gasteiger partial charge in [-0.15, -0.1) is 6.58 Å². The maximum absolute atomic E-state index is 11.7. The van der Waals surface area contributed by atoms with Gasteiger partial charge in [-0.3, -0.25) is 14.9 Å². The summed E-state index contributed by atoms with van der Waals surface area (Å²) in [7, 11) is 1.40. The van der Waals surface area contributed by atoms with Crippen molar-refractivity contribution in [3.63, 3.8) is 0 Å². The molecule has 1 aromatic rings. The van der Waals surface area contributed by atoms with E-state index in [1.165, 1.54) is 31.4 Å². The minimum absolute atomic E-state index is 0.0790. The van der Waals surface area contributed by atoms with Crippen molar-refractivity contribution in [1.29, 1.82) is 0 Å². The number of anilines is 1. The molecule has 0 bridgehead atoms. The summed E-state index contributed by atoms with van der Waals surface area (Å²) in [5, 5.41) is 13.3. The summed E-state index contributed by atoms with van der Waals surface area (Å²) in [6.07, 6.45) is 1.79. The molecule has 0 aliphatic rings. The molecule has 1 rings (SSSR count). The summed E-state index contributed by atoms with van der Waals surface area (Å²) in [5.41, 5.74) is 5.41. The van der Waals surface area contributed by atoms with Gasteiger partial charge in [0.05, 0.1) is 24.1 Å². The fraction of sp³-hybridized carbons (Fsp3) is 0.250. The highest BCUT2D eigenvalue weighted by Crippen LogP contribution is 2.28. The fourth-order valence-corrected chi connectivity index (χ4v) is 1.41. The molecular weight excluding hydrogens is 250 g/mol. The first kappa shape index (κ1) is 14.7. The summed E-state index contributed by atoms with van der Waals surface area (Å²) >= 11 is 0. The lowest BCUT2D eigenvalue weighted by molar-refractivity contribution is -0.384. The molecule has 0 spiro atoms. The van der Waals surface area contributed by atoms with Gasteiger partial charge in [0.25, 0.3) is 5.69 Å². The summed E-state index contributed by atoms with van der Waals surface area (Å²) in [5.74, 6) is -0.173. The zero-order valence-corrected chi connectivity index (χ0v) is 10.5. The van der Waals surface area contributed by atoms with E-state index in [0.717, 1.165) is 0 Å². The van der Waals surface area contributed by atoms with E-state index < -0.39 is 16.9 Å². The Balaban J connectivity index is 2.97. The largest absolute Gasteiger partial charge is 0.496 e. The normalized spacial score (nSPS) is 11.5. The highest BCUT2D eigenvalue weighted by molar-refractivity contribution is 5.96. The Kier molecular flexibility index (Phi) is 5.01. The number of ether oxygens (including phenoxy) is 1. The van der Waals surface area contributed by atoms with Gasteiger partial charge in [-0.2, -0.15) is 0 Å². The quantitative estimate of drug-likeness (QED) is 0.459. The number of carbonyl (C=O) groups is 1. The third-order valence-corrected chi connectivity index (χ3v) is 2.42. The highest BCUT2D eigenvalue weighted by Gasteiger charge is 2.19. The van der Waals surface area contributed by atoms with E-state index in [4.69, 9.17) is 10.5 Å². The molecule has 7 nitrogen and oxygen atoms in total. The van der Waals surface area contributed by atoms with Crippen molar-refractivity contribution in [2.45, 2.75) is 12.5 Å². The number of nitrogens with two attached hydrogens (primary N) is 1. The SMILES string of the molecule is C=CCC(N)C(=O)Nc1ccc(OC)cc1[N+](=O)[O-]. The number of benzene rings is 1. The van der Waals surface area contributed by atoms with Crippen LogP contribution >= 0.6 is 0 Å². The maximum atomic E-state index is 11.7. The van der Waals surface area contributed by atoms with E-state index in [9.17, 15) is 14.9 Å². The number of rotatable bonds is 6. The molecule has 0 fully saturated rings. The predicted molar refractivity (Wildman–Crippen MR) is 71.1 cm³/mol. The van der Waals surface area contributed by atoms with Crippen molar-refractivity contribution >= 4 is 17.3 Å². The first-order valence-electron chi connectivity index (χ1n) is 5.49. The lowest BCUT2D eigenvalue weighted by Crippen LogP contribution is -2.35. The number of hydrogen-bond donors (Lipinski definition) is 2. The second kappa shape index (κ2) is 6.50. The smallest absolute Gasteiger partial charge is 0.296 e. The van der Waals surface area contributed by atoms with Gasteiger partial charge in [-0.25, -0.2) is 0 Å². The second-order valence-corrected chi connectivity index (χ2v) is 3.76. The number of nitrogens with one attached hydrogen (secondary N) is 1. The van der Waals surface area contributed by atoms with E-state index in [1.807, 2.05) is 0 Å². The molecule has 0 aliphatic heterocycles. The number of nitro benzene ring substituents is 1. The van der Waals surface area contributed by atoms with Crippen LogP contribution in [0.5, 0.6) is 5.75 Å². The number of amides is 1. The van der Waals surface area contributed by atoms with Gasteiger partial charge >= 0.3 is 0 Å². The molecule has 7 heteroatoms. The monoisotopic (exact) mass is 265 g/mol. The van der Waals surface area contributed by atoms with Crippen LogP contribution in [-0.2, 0) is 4.79 Å². The highest BCUT2D eigenvalue weighted by atomic mass is 16.6. The Labute approximate surface area is 110 Å². The van der Waals surface area contributed by atoms with Crippen LogP contribution in [0.25, 0.3) is 0 Å². The molecule has 1 atom stereocenters. The van der Waals surface area contributed by atoms with Crippen molar-refractivity contribution in [2.24, 2.45) is 5.73 Å². The van der Waals surface area contributed by atoms with E-state index >= 15 is 0 Å². The molecule has 19 heavy (non-hydrogen) atoms. The van der Waals surface area contributed by atoms with Gasteiger partial charge in [-0.05, 0) is 18.6 Å². The Bertz CT molecular complexity index is 502. The summed E-state index contributed by atoms with van der Waals surface area (Å²) < 4.78 is 4.90. The third kappa shape index (κ3) is 3.78. The van der Waals surface area contributed by atoms with Crippen molar-refractivity contribution < 1.29 is 14.5 Å².